The summed E-state index contributed by atoms with van der Waals surface area (Å²) in [6, 6.07) is 5.63. The monoisotopic (exact) mass is 181 g/mol. The summed E-state index contributed by atoms with van der Waals surface area (Å²) >= 11 is 0. The standard InChI is InChI=1S/C10H15NO2/c1-7(11)8-4-9(12-2)6-10(5-8)13-3/h4-7H,11H2,1-3H3/t7-/m1/s1. The summed E-state index contributed by atoms with van der Waals surface area (Å²) < 4.78 is 10.2. The lowest BCUT2D eigenvalue weighted by molar-refractivity contribution is 0.393. The molecule has 0 aliphatic rings. The summed E-state index contributed by atoms with van der Waals surface area (Å²) in [5.74, 6) is 1.54. The molecule has 3 heteroatoms. The van der Waals surface area contributed by atoms with Crippen molar-refractivity contribution >= 4 is 0 Å². The molecule has 0 fully saturated rings. The Bertz CT molecular complexity index is 262. The largest absolute Gasteiger partial charge is 0.497 e. The second-order valence-electron chi connectivity index (χ2n) is 2.93. The fourth-order valence-electron chi connectivity index (χ4n) is 1.09. The normalized spacial score (nSPS) is 12.3. The molecule has 1 aromatic carbocycles. The van der Waals surface area contributed by atoms with Crippen LogP contribution in [-0.2, 0) is 0 Å². The number of rotatable bonds is 3. The van der Waals surface area contributed by atoms with Crippen LogP contribution in [0.4, 0.5) is 0 Å². The van der Waals surface area contributed by atoms with Crippen LogP contribution in [-0.4, -0.2) is 14.2 Å². The van der Waals surface area contributed by atoms with Crippen molar-refractivity contribution < 1.29 is 9.47 Å². The van der Waals surface area contributed by atoms with E-state index in [2.05, 4.69) is 0 Å². The first-order valence-electron chi connectivity index (χ1n) is 4.16. The zero-order valence-corrected chi connectivity index (χ0v) is 8.20. The molecule has 0 spiro atoms. The van der Waals surface area contributed by atoms with Gasteiger partial charge in [0.1, 0.15) is 11.5 Å². The van der Waals surface area contributed by atoms with Crippen LogP contribution in [0.15, 0.2) is 18.2 Å². The van der Waals surface area contributed by atoms with Gasteiger partial charge in [0.25, 0.3) is 0 Å². The zero-order chi connectivity index (χ0) is 9.84. The lowest BCUT2D eigenvalue weighted by atomic mass is 10.1. The molecule has 0 heterocycles. The van der Waals surface area contributed by atoms with E-state index < -0.39 is 0 Å². The van der Waals surface area contributed by atoms with Gasteiger partial charge in [-0.1, -0.05) is 0 Å². The average Bonchev–Trinajstić information content (AvgIpc) is 2.16. The highest BCUT2D eigenvalue weighted by Gasteiger charge is 2.04. The number of hydrogen-bond donors (Lipinski definition) is 1. The molecular formula is C10H15NO2. The molecule has 0 amide bonds. The SMILES string of the molecule is COc1cc(OC)cc([C@@H](C)N)c1. The van der Waals surface area contributed by atoms with Gasteiger partial charge in [-0.15, -0.1) is 0 Å². The van der Waals surface area contributed by atoms with Gasteiger partial charge < -0.3 is 15.2 Å². The first-order valence-corrected chi connectivity index (χ1v) is 4.16. The van der Waals surface area contributed by atoms with Crippen LogP contribution in [0.25, 0.3) is 0 Å². The number of benzene rings is 1. The number of nitrogens with two attached hydrogens (primary N) is 1. The average molecular weight is 181 g/mol. The fraction of sp³-hybridized carbons (Fsp3) is 0.400. The highest BCUT2D eigenvalue weighted by atomic mass is 16.5. The summed E-state index contributed by atoms with van der Waals surface area (Å²) in [5.41, 5.74) is 6.76. The third-order valence-electron chi connectivity index (χ3n) is 1.90. The van der Waals surface area contributed by atoms with Gasteiger partial charge in [-0.2, -0.15) is 0 Å². The Kier molecular flexibility index (Phi) is 3.14. The van der Waals surface area contributed by atoms with Gasteiger partial charge in [-0.25, -0.2) is 0 Å². The lowest BCUT2D eigenvalue weighted by Gasteiger charge is -2.10. The maximum atomic E-state index is 5.75. The summed E-state index contributed by atoms with van der Waals surface area (Å²) in [6.45, 7) is 1.92. The minimum absolute atomic E-state index is 0.0102. The van der Waals surface area contributed by atoms with Gasteiger partial charge in [0.2, 0.25) is 0 Å². The van der Waals surface area contributed by atoms with Crippen LogP contribution in [0, 0.1) is 0 Å². The molecule has 1 atom stereocenters. The number of hydrogen-bond acceptors (Lipinski definition) is 3. The molecule has 2 N–H and O–H groups in total. The quantitative estimate of drug-likeness (QED) is 0.772. The molecule has 0 saturated carbocycles. The predicted molar refractivity (Wildman–Crippen MR) is 52.1 cm³/mol. The molecule has 0 radical (unpaired) electrons. The topological polar surface area (TPSA) is 44.5 Å². The van der Waals surface area contributed by atoms with Crippen molar-refractivity contribution in [2.75, 3.05) is 14.2 Å². The van der Waals surface area contributed by atoms with E-state index in [-0.39, 0.29) is 6.04 Å². The van der Waals surface area contributed by atoms with E-state index in [0.717, 1.165) is 17.1 Å². The maximum Gasteiger partial charge on any atom is 0.122 e. The minimum atomic E-state index is -0.0102. The Morgan fingerprint density at radius 2 is 1.54 bits per heavy atom. The summed E-state index contributed by atoms with van der Waals surface area (Å²) in [5, 5.41) is 0. The van der Waals surface area contributed by atoms with Gasteiger partial charge in [0, 0.05) is 12.1 Å². The van der Waals surface area contributed by atoms with Crippen LogP contribution >= 0.6 is 0 Å². The minimum Gasteiger partial charge on any atom is -0.497 e. The van der Waals surface area contributed by atoms with E-state index in [1.165, 1.54) is 0 Å². The van der Waals surface area contributed by atoms with Crippen molar-refractivity contribution in [3.05, 3.63) is 23.8 Å². The van der Waals surface area contributed by atoms with Gasteiger partial charge in [-0.3, -0.25) is 0 Å². The third kappa shape index (κ3) is 2.36. The third-order valence-corrected chi connectivity index (χ3v) is 1.90. The van der Waals surface area contributed by atoms with Crippen molar-refractivity contribution in [3.8, 4) is 11.5 Å². The highest BCUT2D eigenvalue weighted by molar-refractivity contribution is 5.39. The Hall–Kier alpha value is -1.22. The van der Waals surface area contributed by atoms with E-state index in [4.69, 9.17) is 15.2 Å². The van der Waals surface area contributed by atoms with Crippen molar-refractivity contribution in [2.24, 2.45) is 5.73 Å². The van der Waals surface area contributed by atoms with Crippen molar-refractivity contribution in [2.45, 2.75) is 13.0 Å². The molecule has 72 valence electrons. The van der Waals surface area contributed by atoms with E-state index in [1.54, 1.807) is 14.2 Å². The van der Waals surface area contributed by atoms with Crippen LogP contribution in [0.1, 0.15) is 18.5 Å². The molecule has 0 unspecified atom stereocenters. The second-order valence-corrected chi connectivity index (χ2v) is 2.93. The zero-order valence-electron chi connectivity index (χ0n) is 8.20. The van der Waals surface area contributed by atoms with Crippen LogP contribution in [0.5, 0.6) is 11.5 Å². The number of methoxy groups -OCH3 is 2. The molecule has 13 heavy (non-hydrogen) atoms. The molecule has 1 rings (SSSR count). The van der Waals surface area contributed by atoms with Crippen LogP contribution < -0.4 is 15.2 Å². The van der Waals surface area contributed by atoms with Crippen LogP contribution in [0.2, 0.25) is 0 Å². The van der Waals surface area contributed by atoms with Gasteiger partial charge in [-0.05, 0) is 24.6 Å². The number of ether oxygens (including phenoxy) is 2. The van der Waals surface area contributed by atoms with E-state index in [0.29, 0.717) is 0 Å². The molecule has 3 nitrogen and oxygen atoms in total. The molecule has 0 aromatic heterocycles. The van der Waals surface area contributed by atoms with Crippen molar-refractivity contribution in [1.29, 1.82) is 0 Å². The summed E-state index contributed by atoms with van der Waals surface area (Å²) in [4.78, 5) is 0. The molecule has 0 aliphatic heterocycles. The Morgan fingerprint density at radius 1 is 1.08 bits per heavy atom. The predicted octanol–water partition coefficient (Wildman–Crippen LogP) is 1.72. The Labute approximate surface area is 78.5 Å². The van der Waals surface area contributed by atoms with Crippen molar-refractivity contribution in [1.82, 2.24) is 0 Å². The molecule has 1 aromatic rings. The van der Waals surface area contributed by atoms with Crippen LogP contribution in [0.3, 0.4) is 0 Å². The Morgan fingerprint density at radius 3 is 1.85 bits per heavy atom. The molecule has 0 saturated heterocycles. The molecule has 0 bridgehead atoms. The highest BCUT2D eigenvalue weighted by Crippen LogP contribution is 2.25. The first kappa shape index (κ1) is 9.86. The Balaban J connectivity index is 3.07. The van der Waals surface area contributed by atoms with Crippen molar-refractivity contribution in [3.63, 3.8) is 0 Å². The van der Waals surface area contributed by atoms with E-state index in [9.17, 15) is 0 Å². The molecular weight excluding hydrogens is 166 g/mol. The van der Waals surface area contributed by atoms with Gasteiger partial charge in [0.15, 0.2) is 0 Å². The molecule has 0 aliphatic carbocycles. The van der Waals surface area contributed by atoms with E-state index in [1.807, 2.05) is 25.1 Å². The van der Waals surface area contributed by atoms with Gasteiger partial charge >= 0.3 is 0 Å². The van der Waals surface area contributed by atoms with Gasteiger partial charge in [0.05, 0.1) is 14.2 Å². The maximum absolute atomic E-state index is 5.75. The fourth-order valence-corrected chi connectivity index (χ4v) is 1.09. The summed E-state index contributed by atoms with van der Waals surface area (Å²) in [7, 11) is 3.25. The lowest BCUT2D eigenvalue weighted by Crippen LogP contribution is -2.05. The second kappa shape index (κ2) is 4.14. The van der Waals surface area contributed by atoms with E-state index >= 15 is 0 Å². The smallest absolute Gasteiger partial charge is 0.122 e. The first-order chi connectivity index (χ1) is 6.17. The summed E-state index contributed by atoms with van der Waals surface area (Å²) in [6.07, 6.45) is 0.